The van der Waals surface area contributed by atoms with Crippen molar-refractivity contribution in [1.82, 2.24) is 9.88 Å². The zero-order chi connectivity index (χ0) is 13.7. The molecule has 18 heavy (non-hydrogen) atoms. The molecule has 4 nitrogen and oxygen atoms in total. The molecule has 0 saturated heterocycles. The van der Waals surface area contributed by atoms with Gasteiger partial charge in [0, 0.05) is 31.8 Å². The highest BCUT2D eigenvalue weighted by Crippen LogP contribution is 2.36. The number of carbonyl (C=O) groups is 2. The SMILES string of the molecule is Cc1c(C(=O)N(C)C)[nH]c2c1C(=O)CC(C)(C)C2. The molecule has 2 rings (SSSR count). The van der Waals surface area contributed by atoms with Crippen molar-refractivity contribution >= 4 is 11.7 Å². The fourth-order valence-electron chi connectivity index (χ4n) is 2.67. The highest BCUT2D eigenvalue weighted by atomic mass is 16.2. The van der Waals surface area contributed by atoms with Crippen LogP contribution in [0.4, 0.5) is 0 Å². The highest BCUT2D eigenvalue weighted by Gasteiger charge is 2.35. The van der Waals surface area contributed by atoms with Crippen molar-refractivity contribution in [2.75, 3.05) is 14.1 Å². The van der Waals surface area contributed by atoms with Gasteiger partial charge >= 0.3 is 0 Å². The van der Waals surface area contributed by atoms with E-state index in [1.165, 1.54) is 4.90 Å². The second kappa shape index (κ2) is 3.97. The summed E-state index contributed by atoms with van der Waals surface area (Å²) in [5.74, 6) is 0.0697. The number of ketones is 1. The predicted molar refractivity (Wildman–Crippen MR) is 70.0 cm³/mol. The average molecular weight is 248 g/mol. The zero-order valence-corrected chi connectivity index (χ0v) is 11.7. The largest absolute Gasteiger partial charge is 0.354 e. The second-order valence-corrected chi connectivity index (χ2v) is 6.12. The molecule has 0 fully saturated rings. The lowest BCUT2D eigenvalue weighted by atomic mass is 9.75. The molecule has 0 aliphatic heterocycles. The van der Waals surface area contributed by atoms with Crippen LogP contribution in [0.25, 0.3) is 0 Å². The van der Waals surface area contributed by atoms with Crippen LogP contribution in [0.5, 0.6) is 0 Å². The first kappa shape index (κ1) is 12.9. The molecule has 0 bridgehead atoms. The van der Waals surface area contributed by atoms with Gasteiger partial charge < -0.3 is 9.88 Å². The number of rotatable bonds is 1. The van der Waals surface area contributed by atoms with Gasteiger partial charge in [-0.25, -0.2) is 0 Å². The Morgan fingerprint density at radius 3 is 2.44 bits per heavy atom. The third kappa shape index (κ3) is 1.96. The molecule has 4 heteroatoms. The number of Topliss-reactive ketones (excluding diaryl/α,β-unsaturated/α-hetero) is 1. The Hall–Kier alpha value is -1.58. The van der Waals surface area contributed by atoms with Crippen LogP contribution in [0.1, 0.15) is 52.4 Å². The van der Waals surface area contributed by atoms with Crippen molar-refractivity contribution in [2.24, 2.45) is 5.41 Å². The minimum atomic E-state index is -0.0764. The van der Waals surface area contributed by atoms with E-state index in [-0.39, 0.29) is 17.1 Å². The Balaban J connectivity index is 2.52. The van der Waals surface area contributed by atoms with Gasteiger partial charge in [0.15, 0.2) is 5.78 Å². The zero-order valence-electron chi connectivity index (χ0n) is 11.7. The quantitative estimate of drug-likeness (QED) is 0.828. The number of nitrogens with one attached hydrogen (secondary N) is 1. The van der Waals surface area contributed by atoms with Crippen LogP contribution in [0.2, 0.25) is 0 Å². The number of hydrogen-bond donors (Lipinski definition) is 1. The van der Waals surface area contributed by atoms with Gasteiger partial charge in [0.05, 0.1) is 0 Å². The van der Waals surface area contributed by atoms with Crippen LogP contribution in [-0.4, -0.2) is 35.7 Å². The normalized spacial score (nSPS) is 17.5. The average Bonchev–Trinajstić information content (AvgIpc) is 2.52. The topological polar surface area (TPSA) is 53.2 Å². The molecule has 0 atom stereocenters. The summed E-state index contributed by atoms with van der Waals surface area (Å²) < 4.78 is 0. The molecule has 1 amide bonds. The first-order chi connectivity index (χ1) is 8.23. The lowest BCUT2D eigenvalue weighted by Crippen LogP contribution is -2.26. The summed E-state index contributed by atoms with van der Waals surface area (Å²) in [6.45, 7) is 6.01. The highest BCUT2D eigenvalue weighted by molar-refractivity contribution is 6.04. The van der Waals surface area contributed by atoms with Crippen molar-refractivity contribution in [1.29, 1.82) is 0 Å². The van der Waals surface area contributed by atoms with E-state index in [4.69, 9.17) is 0 Å². The fraction of sp³-hybridized carbons (Fsp3) is 0.571. The van der Waals surface area contributed by atoms with Crippen molar-refractivity contribution in [3.63, 3.8) is 0 Å². The van der Waals surface area contributed by atoms with Gasteiger partial charge in [-0.15, -0.1) is 0 Å². The van der Waals surface area contributed by atoms with Crippen LogP contribution < -0.4 is 0 Å². The maximum Gasteiger partial charge on any atom is 0.270 e. The summed E-state index contributed by atoms with van der Waals surface area (Å²) in [6, 6.07) is 0. The van der Waals surface area contributed by atoms with Crippen LogP contribution in [0, 0.1) is 12.3 Å². The maximum absolute atomic E-state index is 12.2. The number of carbonyl (C=O) groups excluding carboxylic acids is 2. The number of amides is 1. The molecule has 0 aromatic carbocycles. The van der Waals surface area contributed by atoms with E-state index in [9.17, 15) is 9.59 Å². The number of H-pyrrole nitrogens is 1. The minimum Gasteiger partial charge on any atom is -0.354 e. The summed E-state index contributed by atoms with van der Waals surface area (Å²) in [5.41, 5.74) is 2.97. The monoisotopic (exact) mass is 248 g/mol. The van der Waals surface area contributed by atoms with Crippen LogP contribution in [-0.2, 0) is 6.42 Å². The summed E-state index contributed by atoms with van der Waals surface area (Å²) in [4.78, 5) is 28.9. The van der Waals surface area contributed by atoms with Gasteiger partial charge in [-0.2, -0.15) is 0 Å². The molecule has 1 aliphatic carbocycles. The van der Waals surface area contributed by atoms with E-state index in [2.05, 4.69) is 18.8 Å². The molecule has 0 radical (unpaired) electrons. The van der Waals surface area contributed by atoms with Crippen molar-refractivity contribution < 1.29 is 9.59 Å². The minimum absolute atomic E-state index is 0.0280. The molecule has 98 valence electrons. The Kier molecular flexibility index (Phi) is 2.84. The molecule has 1 aromatic heterocycles. The van der Waals surface area contributed by atoms with E-state index in [0.29, 0.717) is 12.1 Å². The molecule has 1 N–H and O–H groups in total. The van der Waals surface area contributed by atoms with Gasteiger partial charge in [-0.1, -0.05) is 13.8 Å². The molecule has 1 aromatic rings. The Labute approximate surface area is 107 Å². The summed E-state index contributed by atoms with van der Waals surface area (Å²) in [5, 5.41) is 0. The fourth-order valence-corrected chi connectivity index (χ4v) is 2.67. The van der Waals surface area contributed by atoms with E-state index in [1.807, 2.05) is 6.92 Å². The molecular weight excluding hydrogens is 228 g/mol. The molecule has 0 spiro atoms. The van der Waals surface area contributed by atoms with Gasteiger partial charge in [0.1, 0.15) is 5.69 Å². The van der Waals surface area contributed by atoms with Gasteiger partial charge in [-0.05, 0) is 24.3 Å². The number of hydrogen-bond acceptors (Lipinski definition) is 2. The smallest absolute Gasteiger partial charge is 0.270 e. The number of aromatic nitrogens is 1. The molecule has 0 unspecified atom stereocenters. The lowest BCUT2D eigenvalue weighted by molar-refractivity contribution is 0.0821. The Bertz CT molecular complexity index is 524. The number of nitrogens with zero attached hydrogens (tertiary/aromatic N) is 1. The van der Waals surface area contributed by atoms with Crippen LogP contribution in [0.3, 0.4) is 0 Å². The van der Waals surface area contributed by atoms with Gasteiger partial charge in [0.25, 0.3) is 5.91 Å². The van der Waals surface area contributed by atoms with Crippen LogP contribution >= 0.6 is 0 Å². The summed E-state index contributed by atoms with van der Waals surface area (Å²) >= 11 is 0. The van der Waals surface area contributed by atoms with Gasteiger partial charge in [-0.3, -0.25) is 9.59 Å². The summed E-state index contributed by atoms with van der Waals surface area (Å²) in [6.07, 6.45) is 1.36. The van der Waals surface area contributed by atoms with Crippen LogP contribution in [0.15, 0.2) is 0 Å². The number of fused-ring (bicyclic) bond motifs is 1. The van der Waals surface area contributed by atoms with E-state index in [0.717, 1.165) is 23.2 Å². The standard InChI is InChI=1S/C14H20N2O2/c1-8-11-9(6-14(2,3)7-10(11)17)15-12(8)13(18)16(4)5/h15H,6-7H2,1-5H3. The molecule has 1 heterocycles. The van der Waals surface area contributed by atoms with E-state index in [1.54, 1.807) is 14.1 Å². The van der Waals surface area contributed by atoms with E-state index < -0.39 is 0 Å². The maximum atomic E-state index is 12.2. The van der Waals surface area contributed by atoms with Crippen molar-refractivity contribution in [3.05, 3.63) is 22.5 Å². The predicted octanol–water partition coefficient (Wildman–Crippen LogP) is 2.18. The first-order valence-corrected chi connectivity index (χ1v) is 6.19. The third-order valence-electron chi connectivity index (χ3n) is 3.52. The van der Waals surface area contributed by atoms with Gasteiger partial charge in [0.2, 0.25) is 0 Å². The first-order valence-electron chi connectivity index (χ1n) is 6.19. The second-order valence-electron chi connectivity index (χ2n) is 6.12. The van der Waals surface area contributed by atoms with Crippen molar-refractivity contribution in [3.8, 4) is 0 Å². The molecule has 1 aliphatic rings. The lowest BCUT2D eigenvalue weighted by Gasteiger charge is -2.28. The number of aromatic amines is 1. The molecular formula is C14H20N2O2. The third-order valence-corrected chi connectivity index (χ3v) is 3.52. The summed E-state index contributed by atoms with van der Waals surface area (Å²) in [7, 11) is 3.43. The van der Waals surface area contributed by atoms with Crippen molar-refractivity contribution in [2.45, 2.75) is 33.6 Å². The Morgan fingerprint density at radius 2 is 1.89 bits per heavy atom. The van der Waals surface area contributed by atoms with E-state index >= 15 is 0 Å². The Morgan fingerprint density at radius 1 is 1.28 bits per heavy atom. The molecule has 0 saturated carbocycles.